The number of likely N-dealkylation sites (N-methyl/N-ethyl adjacent to an activating group) is 1. The number of nitrogens with zero attached hydrogens (tertiary/aromatic N) is 1. The molecule has 0 aliphatic carbocycles. The second-order valence-electron chi connectivity index (χ2n) is 13.6. The smallest absolute Gasteiger partial charge is 0.305 e. The van der Waals surface area contributed by atoms with E-state index in [0.717, 1.165) is 51.4 Å². The van der Waals surface area contributed by atoms with E-state index in [0.29, 0.717) is 12.8 Å². The van der Waals surface area contributed by atoms with E-state index in [1.807, 2.05) is 11.9 Å². The lowest BCUT2D eigenvalue weighted by Gasteiger charge is -2.25. The van der Waals surface area contributed by atoms with E-state index in [1.54, 1.807) is 0 Å². The molecule has 6 heteroatoms. The van der Waals surface area contributed by atoms with Gasteiger partial charge in [-0.1, -0.05) is 141 Å². The first-order valence-electron chi connectivity index (χ1n) is 19.9. The van der Waals surface area contributed by atoms with Crippen LogP contribution in [0, 0.1) is 0 Å². The van der Waals surface area contributed by atoms with Crippen molar-refractivity contribution in [2.75, 3.05) is 26.3 Å². The molecule has 0 saturated carbocycles. The van der Waals surface area contributed by atoms with E-state index < -0.39 is 0 Å². The van der Waals surface area contributed by atoms with Gasteiger partial charge in [0.15, 0.2) is 0 Å². The van der Waals surface area contributed by atoms with Crippen LogP contribution in [0.5, 0.6) is 0 Å². The Kier molecular flexibility index (Phi) is 36.4. The average molecular weight is 683 g/mol. The molecule has 0 spiro atoms. The summed E-state index contributed by atoms with van der Waals surface area (Å²) in [4.78, 5) is 26.5. The van der Waals surface area contributed by atoms with Crippen LogP contribution in [0.2, 0.25) is 0 Å². The molecule has 0 radical (unpaired) electrons. The number of carbonyl (C=O) groups excluding carboxylic acids is 2. The zero-order chi connectivity index (χ0) is 34.5. The number of rotatable bonds is 36. The van der Waals surface area contributed by atoms with Crippen molar-refractivity contribution < 1.29 is 19.1 Å². The molecule has 0 amide bonds. The Morgan fingerprint density at radius 1 is 0.511 bits per heavy atom. The molecule has 5 nitrogen and oxygen atoms in total. The molecule has 0 fully saturated rings. The minimum Gasteiger partial charge on any atom is -0.464 e. The maximum absolute atomic E-state index is 12.3. The molecule has 276 valence electrons. The normalized spacial score (nSPS) is 11.9. The SMILES string of the molecule is CCCCCCCC/C=C\CCCCCCCC(=O)OCC(COC(=O)CCCCCCC/C=C\CCCCCCCC)N(C)CCl. The molecular weight excluding hydrogens is 606 g/mol. The van der Waals surface area contributed by atoms with Crippen LogP contribution in [0.25, 0.3) is 0 Å². The molecule has 0 aliphatic rings. The van der Waals surface area contributed by atoms with Crippen molar-refractivity contribution in [1.82, 2.24) is 4.90 Å². The third-order valence-corrected chi connectivity index (χ3v) is 9.35. The van der Waals surface area contributed by atoms with E-state index in [-0.39, 0.29) is 37.2 Å². The molecule has 0 atom stereocenters. The molecule has 0 N–H and O–H groups in total. The number of hydrogen-bond donors (Lipinski definition) is 0. The van der Waals surface area contributed by atoms with Gasteiger partial charge in [-0.3, -0.25) is 14.5 Å². The Bertz CT molecular complexity index is 685. The van der Waals surface area contributed by atoms with Crippen molar-refractivity contribution in [3.63, 3.8) is 0 Å². The fourth-order valence-electron chi connectivity index (χ4n) is 5.60. The maximum Gasteiger partial charge on any atom is 0.305 e. The number of hydrogen-bond acceptors (Lipinski definition) is 5. The Labute approximate surface area is 297 Å². The highest BCUT2D eigenvalue weighted by Crippen LogP contribution is 2.13. The van der Waals surface area contributed by atoms with Crippen LogP contribution in [-0.4, -0.2) is 49.1 Å². The van der Waals surface area contributed by atoms with Gasteiger partial charge in [0.25, 0.3) is 0 Å². The van der Waals surface area contributed by atoms with Gasteiger partial charge in [-0.05, 0) is 71.3 Å². The Morgan fingerprint density at radius 2 is 0.809 bits per heavy atom. The van der Waals surface area contributed by atoms with Gasteiger partial charge < -0.3 is 9.47 Å². The molecule has 0 aliphatic heterocycles. The van der Waals surface area contributed by atoms with Crippen LogP contribution in [0.3, 0.4) is 0 Å². The van der Waals surface area contributed by atoms with Crippen molar-refractivity contribution in [3.8, 4) is 0 Å². The van der Waals surface area contributed by atoms with E-state index in [9.17, 15) is 9.59 Å². The number of unbranched alkanes of at least 4 members (excludes halogenated alkanes) is 22. The largest absolute Gasteiger partial charge is 0.464 e. The first-order valence-corrected chi connectivity index (χ1v) is 20.5. The monoisotopic (exact) mass is 682 g/mol. The van der Waals surface area contributed by atoms with Gasteiger partial charge in [-0.2, -0.15) is 0 Å². The number of alkyl halides is 1. The van der Waals surface area contributed by atoms with Gasteiger partial charge in [0.2, 0.25) is 0 Å². The van der Waals surface area contributed by atoms with Gasteiger partial charge >= 0.3 is 11.9 Å². The average Bonchev–Trinajstić information content (AvgIpc) is 3.07. The second kappa shape index (κ2) is 37.5. The molecule has 0 rings (SSSR count). The van der Waals surface area contributed by atoms with Crippen molar-refractivity contribution in [2.24, 2.45) is 0 Å². The molecule has 0 aromatic heterocycles. The third-order valence-electron chi connectivity index (χ3n) is 8.97. The highest BCUT2D eigenvalue weighted by Gasteiger charge is 2.19. The van der Waals surface area contributed by atoms with E-state index in [1.165, 1.54) is 116 Å². The predicted molar refractivity (Wildman–Crippen MR) is 203 cm³/mol. The lowest BCUT2D eigenvalue weighted by atomic mass is 10.1. The number of esters is 2. The van der Waals surface area contributed by atoms with Crippen LogP contribution < -0.4 is 0 Å². The molecule has 0 bridgehead atoms. The van der Waals surface area contributed by atoms with Gasteiger partial charge in [-0.25, -0.2) is 0 Å². The fourth-order valence-corrected chi connectivity index (χ4v) is 5.80. The summed E-state index contributed by atoms with van der Waals surface area (Å²) in [6.45, 7) is 4.90. The van der Waals surface area contributed by atoms with Crippen LogP contribution in [0.4, 0.5) is 0 Å². The molecule has 0 unspecified atom stereocenters. The molecule has 0 aromatic rings. The Balaban J connectivity index is 3.78. The van der Waals surface area contributed by atoms with Crippen LogP contribution in [0.15, 0.2) is 24.3 Å². The summed E-state index contributed by atoms with van der Waals surface area (Å²) in [7, 11) is 1.85. The van der Waals surface area contributed by atoms with Crippen molar-refractivity contribution in [2.45, 2.75) is 200 Å². The topological polar surface area (TPSA) is 55.8 Å². The first-order chi connectivity index (χ1) is 23.0. The quantitative estimate of drug-likeness (QED) is 0.0216. The summed E-state index contributed by atoms with van der Waals surface area (Å²) >= 11 is 6.03. The number of halogens is 1. The summed E-state index contributed by atoms with van der Waals surface area (Å²) in [6.07, 6.45) is 42.3. The highest BCUT2D eigenvalue weighted by atomic mass is 35.5. The summed E-state index contributed by atoms with van der Waals surface area (Å²) in [6, 6.07) is 0.0472. The van der Waals surface area contributed by atoms with Crippen LogP contribution in [0.1, 0.15) is 194 Å². The minimum atomic E-state index is -0.233. The Hall–Kier alpha value is -1.33. The van der Waals surface area contributed by atoms with Gasteiger partial charge in [0.05, 0.1) is 12.0 Å². The molecule has 0 heterocycles. The van der Waals surface area contributed by atoms with Crippen LogP contribution >= 0.6 is 11.6 Å². The van der Waals surface area contributed by atoms with Crippen molar-refractivity contribution in [3.05, 3.63) is 24.3 Å². The van der Waals surface area contributed by atoms with Crippen LogP contribution in [-0.2, 0) is 19.1 Å². The van der Waals surface area contributed by atoms with E-state index in [4.69, 9.17) is 21.1 Å². The fraction of sp³-hybridized carbons (Fsp3) is 0.854. The zero-order valence-corrected chi connectivity index (χ0v) is 32.0. The van der Waals surface area contributed by atoms with Gasteiger partial charge in [-0.15, -0.1) is 11.6 Å². The summed E-state index contributed by atoms with van der Waals surface area (Å²) in [5.41, 5.74) is 0. The maximum atomic E-state index is 12.3. The second-order valence-corrected chi connectivity index (χ2v) is 13.8. The summed E-state index contributed by atoms with van der Waals surface area (Å²) in [5, 5.41) is 0. The number of carbonyl (C=O) groups is 2. The molecule has 47 heavy (non-hydrogen) atoms. The van der Waals surface area contributed by atoms with E-state index >= 15 is 0 Å². The van der Waals surface area contributed by atoms with Crippen molar-refractivity contribution >= 4 is 23.5 Å². The summed E-state index contributed by atoms with van der Waals surface area (Å²) in [5.74, 6) is -0.370. The predicted octanol–water partition coefficient (Wildman–Crippen LogP) is 12.6. The summed E-state index contributed by atoms with van der Waals surface area (Å²) < 4.78 is 11.0. The molecule has 0 aromatic carbocycles. The minimum absolute atomic E-state index is 0.185. The number of allylic oxidation sites excluding steroid dienone is 4. The van der Waals surface area contributed by atoms with E-state index in [2.05, 4.69) is 38.2 Å². The highest BCUT2D eigenvalue weighted by molar-refractivity contribution is 6.17. The number of ether oxygens (including phenoxy) is 2. The standard InChI is InChI=1S/C41H76ClNO4/c1-4-6-8-10-12-14-16-18-20-22-24-26-28-30-32-34-40(44)46-36-39(43(3)38-42)37-47-41(45)35-33-31-29-27-25-23-21-19-17-15-13-11-9-7-5-2/h18-21,39H,4-17,22-38H2,1-3H3/b20-18-,21-19-. The molecular formula is C41H76ClNO4. The van der Waals surface area contributed by atoms with Gasteiger partial charge in [0.1, 0.15) is 13.2 Å². The van der Waals surface area contributed by atoms with Gasteiger partial charge in [0, 0.05) is 12.8 Å². The lowest BCUT2D eigenvalue weighted by Crippen LogP contribution is -2.39. The molecule has 0 saturated heterocycles. The zero-order valence-electron chi connectivity index (χ0n) is 31.3. The Morgan fingerprint density at radius 3 is 1.13 bits per heavy atom. The lowest BCUT2D eigenvalue weighted by molar-refractivity contribution is -0.149. The van der Waals surface area contributed by atoms with Crippen molar-refractivity contribution in [1.29, 1.82) is 0 Å². The first kappa shape index (κ1) is 45.7. The third kappa shape index (κ3) is 34.3.